The molecule has 0 fully saturated rings. The molecule has 0 rings (SSSR count). The van der Waals surface area contributed by atoms with E-state index in [0.717, 1.165) is 4.61 Å². The molecule has 0 aromatic heterocycles. The van der Waals surface area contributed by atoms with Crippen LogP contribution in [0, 0.1) is 5.41 Å². The van der Waals surface area contributed by atoms with Crippen molar-refractivity contribution in [3.8, 4) is 0 Å². The highest BCUT2D eigenvalue weighted by atomic mass is 79.9. The van der Waals surface area contributed by atoms with E-state index >= 15 is 0 Å². The molecule has 0 saturated heterocycles. The highest BCUT2D eigenvalue weighted by molar-refractivity contribution is 9.11. The van der Waals surface area contributed by atoms with Crippen LogP contribution in [0.1, 0.15) is 13.8 Å². The molecule has 0 atom stereocenters. The summed E-state index contributed by atoms with van der Waals surface area (Å²) < 4.78 is 0.718. The van der Waals surface area contributed by atoms with Crippen LogP contribution in [0.2, 0.25) is 0 Å². The molecule has 0 aliphatic rings. The highest BCUT2D eigenvalue weighted by Gasteiger charge is 1.98. The minimum absolute atomic E-state index is 0.0304. The molecular weight excluding hydrogens is 256 g/mol. The second-order valence-electron chi connectivity index (χ2n) is 2.64. The van der Waals surface area contributed by atoms with Gasteiger partial charge in [-0.25, -0.2) is 4.99 Å². The van der Waals surface area contributed by atoms with Gasteiger partial charge in [0.25, 0.3) is 0 Å². The summed E-state index contributed by atoms with van der Waals surface area (Å²) in [5.41, 5.74) is 6.41. The van der Waals surface area contributed by atoms with E-state index in [2.05, 4.69) is 32.8 Å². The molecule has 0 amide bonds. The summed E-state index contributed by atoms with van der Waals surface area (Å²) in [7, 11) is 0. The number of hydrogen-bond donors (Lipinski definition) is 3. The fraction of sp³-hybridized carbons (Fsp3) is 0.200. The molecule has 0 radical (unpaired) electrons. The minimum Gasteiger partial charge on any atom is -0.382 e. The summed E-state index contributed by atoms with van der Waals surface area (Å²) in [4.78, 5) is 4.04. The predicted molar refractivity (Wildman–Crippen MR) is 69.1 cm³/mol. The Morgan fingerprint density at radius 2 is 2.07 bits per heavy atom. The molecule has 0 aliphatic carbocycles. The van der Waals surface area contributed by atoms with Gasteiger partial charge in [-0.05, 0) is 29.8 Å². The third kappa shape index (κ3) is 5.85. The van der Waals surface area contributed by atoms with Gasteiger partial charge in [-0.2, -0.15) is 0 Å². The zero-order valence-corrected chi connectivity index (χ0v) is 10.4. The molecule has 82 valence electrons. The van der Waals surface area contributed by atoms with E-state index in [1.807, 2.05) is 13.0 Å². The van der Waals surface area contributed by atoms with Gasteiger partial charge in [0.2, 0.25) is 0 Å². The van der Waals surface area contributed by atoms with Crippen molar-refractivity contribution < 1.29 is 0 Å². The van der Waals surface area contributed by atoms with Crippen LogP contribution >= 0.6 is 15.9 Å². The lowest BCUT2D eigenvalue weighted by Crippen LogP contribution is -2.25. The van der Waals surface area contributed by atoms with Crippen LogP contribution in [0.3, 0.4) is 0 Å². The number of halogens is 1. The standard InChI is InChI=1S/C10H15BrN4/c1-4-8(10(12)13)15-7(3)6-14-9(11)5-2/h4-6,15H,3H2,1-2H3,(H3,12,13)/b8-4-,9-5-,14-6?. The van der Waals surface area contributed by atoms with Crippen LogP contribution in [0.25, 0.3) is 0 Å². The summed E-state index contributed by atoms with van der Waals surface area (Å²) in [6, 6.07) is 0. The van der Waals surface area contributed by atoms with Crippen LogP contribution in [0.15, 0.2) is 39.7 Å². The third-order valence-corrected chi connectivity index (χ3v) is 2.12. The van der Waals surface area contributed by atoms with Crippen molar-refractivity contribution in [2.75, 3.05) is 0 Å². The Kier molecular flexibility index (Phi) is 6.37. The number of allylic oxidation sites excluding steroid dienone is 3. The number of rotatable bonds is 5. The first-order valence-electron chi connectivity index (χ1n) is 4.33. The average molecular weight is 271 g/mol. The fourth-order valence-electron chi connectivity index (χ4n) is 0.714. The van der Waals surface area contributed by atoms with Crippen LogP contribution < -0.4 is 11.1 Å². The lowest BCUT2D eigenvalue weighted by Gasteiger charge is -2.07. The van der Waals surface area contributed by atoms with Crippen LogP contribution in [0.4, 0.5) is 0 Å². The largest absolute Gasteiger partial charge is 0.382 e. The monoisotopic (exact) mass is 270 g/mol. The van der Waals surface area contributed by atoms with Crippen molar-refractivity contribution in [2.24, 2.45) is 10.7 Å². The Bertz CT molecular complexity index is 339. The van der Waals surface area contributed by atoms with Gasteiger partial charge in [-0.1, -0.05) is 18.7 Å². The zero-order valence-electron chi connectivity index (χ0n) is 8.84. The first kappa shape index (κ1) is 13.6. The molecule has 0 spiro atoms. The molecule has 4 nitrogen and oxygen atoms in total. The van der Waals surface area contributed by atoms with E-state index in [0.29, 0.717) is 11.4 Å². The Labute approximate surface area is 98.3 Å². The molecule has 15 heavy (non-hydrogen) atoms. The summed E-state index contributed by atoms with van der Waals surface area (Å²) in [6.45, 7) is 7.38. The van der Waals surface area contributed by atoms with E-state index in [1.54, 1.807) is 19.2 Å². The van der Waals surface area contributed by atoms with Crippen LogP contribution in [0.5, 0.6) is 0 Å². The maximum atomic E-state index is 7.24. The van der Waals surface area contributed by atoms with Crippen molar-refractivity contribution in [1.82, 2.24) is 5.32 Å². The lowest BCUT2D eigenvalue weighted by atomic mass is 10.3. The normalized spacial score (nSPS) is 13.0. The van der Waals surface area contributed by atoms with Crippen LogP contribution in [-0.2, 0) is 0 Å². The Morgan fingerprint density at radius 3 is 2.47 bits per heavy atom. The quantitative estimate of drug-likeness (QED) is 0.407. The van der Waals surface area contributed by atoms with Crippen molar-refractivity contribution in [3.05, 3.63) is 34.7 Å². The van der Waals surface area contributed by atoms with Crippen molar-refractivity contribution in [1.29, 1.82) is 5.41 Å². The van der Waals surface area contributed by atoms with Gasteiger partial charge in [0.15, 0.2) is 0 Å². The Hall–Kier alpha value is -1.36. The molecule has 0 aromatic carbocycles. The zero-order chi connectivity index (χ0) is 11.8. The van der Waals surface area contributed by atoms with Crippen LogP contribution in [-0.4, -0.2) is 12.1 Å². The molecule has 0 heterocycles. The van der Waals surface area contributed by atoms with E-state index in [9.17, 15) is 0 Å². The molecule has 0 aliphatic heterocycles. The number of nitrogens with zero attached hydrogens (tertiary/aromatic N) is 1. The lowest BCUT2D eigenvalue weighted by molar-refractivity contribution is 1.08. The fourth-order valence-corrected chi connectivity index (χ4v) is 0.817. The smallest absolute Gasteiger partial charge is 0.139 e. The van der Waals surface area contributed by atoms with E-state index < -0.39 is 0 Å². The topological polar surface area (TPSA) is 74.3 Å². The predicted octanol–water partition coefficient (Wildman–Crippen LogP) is 2.26. The van der Waals surface area contributed by atoms with Crippen molar-refractivity contribution in [2.45, 2.75) is 13.8 Å². The van der Waals surface area contributed by atoms with Gasteiger partial charge in [0.1, 0.15) is 10.4 Å². The number of amidine groups is 1. The molecular formula is C10H15BrN4. The SMILES string of the molecule is C=C(C=N/C(Br)=C\C)N/C(=C\C)C(=N)N. The summed E-state index contributed by atoms with van der Waals surface area (Å²) in [5, 5.41) is 10.1. The second kappa shape index (κ2) is 7.00. The maximum absolute atomic E-state index is 7.24. The number of aliphatic imine (C=N–C) groups is 1. The van der Waals surface area contributed by atoms with E-state index in [1.165, 1.54) is 0 Å². The third-order valence-electron chi connectivity index (χ3n) is 1.46. The van der Waals surface area contributed by atoms with Gasteiger partial charge in [0, 0.05) is 5.70 Å². The van der Waals surface area contributed by atoms with E-state index in [4.69, 9.17) is 11.1 Å². The molecule has 0 unspecified atom stereocenters. The van der Waals surface area contributed by atoms with Gasteiger partial charge in [-0.15, -0.1) is 0 Å². The summed E-state index contributed by atoms with van der Waals surface area (Å²) in [5.74, 6) is -0.0304. The summed E-state index contributed by atoms with van der Waals surface area (Å²) in [6.07, 6.45) is 5.06. The van der Waals surface area contributed by atoms with E-state index in [-0.39, 0.29) is 5.84 Å². The number of nitrogens with one attached hydrogen (secondary N) is 2. The number of nitrogens with two attached hydrogens (primary N) is 1. The van der Waals surface area contributed by atoms with Gasteiger partial charge >= 0.3 is 0 Å². The van der Waals surface area contributed by atoms with Gasteiger partial charge in [-0.3, -0.25) is 5.41 Å². The van der Waals surface area contributed by atoms with Gasteiger partial charge in [0.05, 0.1) is 11.9 Å². The second-order valence-corrected chi connectivity index (χ2v) is 3.45. The highest BCUT2D eigenvalue weighted by Crippen LogP contribution is 2.04. The van der Waals surface area contributed by atoms with Crippen molar-refractivity contribution >= 4 is 28.0 Å². The summed E-state index contributed by atoms with van der Waals surface area (Å²) >= 11 is 3.23. The first-order chi connectivity index (χ1) is 7.01. The Balaban J connectivity index is 4.39. The molecule has 0 bridgehead atoms. The Morgan fingerprint density at radius 1 is 1.47 bits per heavy atom. The molecule has 4 N–H and O–H groups in total. The molecule has 0 saturated carbocycles. The first-order valence-corrected chi connectivity index (χ1v) is 5.13. The molecule has 5 heteroatoms. The maximum Gasteiger partial charge on any atom is 0.139 e. The molecule has 0 aromatic rings. The minimum atomic E-state index is -0.0304. The average Bonchev–Trinajstić information content (AvgIpc) is 2.21. The van der Waals surface area contributed by atoms with Crippen molar-refractivity contribution in [3.63, 3.8) is 0 Å². The number of hydrogen-bond acceptors (Lipinski definition) is 3. The van der Waals surface area contributed by atoms with Gasteiger partial charge < -0.3 is 11.1 Å².